The first-order chi connectivity index (χ1) is 19.6. The molecule has 0 aliphatic heterocycles. The minimum atomic E-state index is 0.114. The third-order valence-corrected chi connectivity index (χ3v) is 6.76. The summed E-state index contributed by atoms with van der Waals surface area (Å²) < 4.78 is 12.0. The van der Waals surface area contributed by atoms with Crippen LogP contribution in [-0.4, -0.2) is 46.5 Å². The second-order valence-corrected chi connectivity index (χ2v) is 9.57. The predicted molar refractivity (Wildman–Crippen MR) is 156 cm³/mol. The molecule has 0 saturated carbocycles. The molecule has 0 amide bonds. The van der Waals surface area contributed by atoms with Crippen LogP contribution < -0.4 is 20.1 Å². The summed E-state index contributed by atoms with van der Waals surface area (Å²) in [6, 6.07) is 20.3. The van der Waals surface area contributed by atoms with Crippen LogP contribution in [0.5, 0.6) is 11.8 Å². The molecule has 4 rings (SSSR count). The molecule has 2 aromatic heterocycles. The standard InChI is InChI=1S/C32H38N4O4/c1-23-27(21-39-31-11-9-25(19-35-31)17-33-13-15-37)5-3-7-29(23)30-8-4-6-28(24(30)2)22-40-32-12-10-26(20-36-32)18-34-14-16-38/h3-12,19-20,33-34,37-38H,13-18,21-22H2,1-2H3. The predicted octanol–water partition coefficient (Wildman–Crippen LogP) is 4.08. The molecule has 2 heterocycles. The van der Waals surface area contributed by atoms with Gasteiger partial charge in [-0.25, -0.2) is 9.97 Å². The number of nitrogens with zero attached hydrogens (tertiary/aromatic N) is 2. The number of pyridine rings is 2. The van der Waals surface area contributed by atoms with E-state index in [0.29, 0.717) is 51.2 Å². The lowest BCUT2D eigenvalue weighted by atomic mass is 9.92. The van der Waals surface area contributed by atoms with E-state index in [4.69, 9.17) is 19.7 Å². The lowest BCUT2D eigenvalue weighted by molar-refractivity contribution is 0.290. The molecular weight excluding hydrogens is 504 g/mol. The summed E-state index contributed by atoms with van der Waals surface area (Å²) in [5.74, 6) is 1.16. The van der Waals surface area contributed by atoms with Crippen LogP contribution in [0.1, 0.15) is 33.4 Å². The normalized spacial score (nSPS) is 11.0. The van der Waals surface area contributed by atoms with Gasteiger partial charge in [-0.05, 0) is 58.4 Å². The first kappa shape index (κ1) is 29.2. The summed E-state index contributed by atoms with van der Waals surface area (Å²) in [6.45, 7) is 7.75. The number of ether oxygens (including phenoxy) is 2. The summed E-state index contributed by atoms with van der Waals surface area (Å²) in [7, 11) is 0. The largest absolute Gasteiger partial charge is 0.473 e. The van der Waals surface area contributed by atoms with Gasteiger partial charge >= 0.3 is 0 Å². The Morgan fingerprint density at radius 3 is 1.45 bits per heavy atom. The smallest absolute Gasteiger partial charge is 0.213 e. The third kappa shape index (κ3) is 8.09. The molecule has 0 saturated heterocycles. The number of hydrogen-bond donors (Lipinski definition) is 4. The van der Waals surface area contributed by atoms with E-state index in [1.165, 1.54) is 11.1 Å². The average molecular weight is 543 g/mol. The minimum Gasteiger partial charge on any atom is -0.473 e. The summed E-state index contributed by atoms with van der Waals surface area (Å²) in [5, 5.41) is 24.1. The van der Waals surface area contributed by atoms with E-state index in [1.807, 2.05) is 24.3 Å². The summed E-state index contributed by atoms with van der Waals surface area (Å²) in [4.78, 5) is 8.84. The zero-order valence-electron chi connectivity index (χ0n) is 23.2. The molecule has 40 heavy (non-hydrogen) atoms. The highest BCUT2D eigenvalue weighted by atomic mass is 16.5. The topological polar surface area (TPSA) is 109 Å². The molecular formula is C32H38N4O4. The third-order valence-electron chi connectivity index (χ3n) is 6.76. The van der Waals surface area contributed by atoms with Gasteiger partial charge in [0.2, 0.25) is 11.8 Å². The van der Waals surface area contributed by atoms with Gasteiger partial charge < -0.3 is 30.3 Å². The Kier molecular flexibility index (Phi) is 11.0. The molecule has 8 heteroatoms. The van der Waals surface area contributed by atoms with Gasteiger partial charge in [-0.2, -0.15) is 0 Å². The fourth-order valence-corrected chi connectivity index (χ4v) is 4.39. The minimum absolute atomic E-state index is 0.114. The highest BCUT2D eigenvalue weighted by molar-refractivity contribution is 5.72. The highest BCUT2D eigenvalue weighted by Gasteiger charge is 2.12. The van der Waals surface area contributed by atoms with Gasteiger partial charge in [0.25, 0.3) is 0 Å². The van der Waals surface area contributed by atoms with Gasteiger partial charge in [-0.15, -0.1) is 0 Å². The van der Waals surface area contributed by atoms with Crippen molar-refractivity contribution in [2.24, 2.45) is 0 Å². The molecule has 4 N–H and O–H groups in total. The maximum absolute atomic E-state index is 8.90. The second-order valence-electron chi connectivity index (χ2n) is 9.57. The molecule has 2 aromatic carbocycles. The van der Waals surface area contributed by atoms with Crippen molar-refractivity contribution in [2.75, 3.05) is 26.3 Å². The zero-order valence-corrected chi connectivity index (χ0v) is 23.2. The van der Waals surface area contributed by atoms with Gasteiger partial charge in [0, 0.05) is 50.7 Å². The fourth-order valence-electron chi connectivity index (χ4n) is 4.39. The highest BCUT2D eigenvalue weighted by Crippen LogP contribution is 2.31. The van der Waals surface area contributed by atoms with Crippen LogP contribution in [0.25, 0.3) is 11.1 Å². The van der Waals surface area contributed by atoms with Crippen molar-refractivity contribution < 1.29 is 19.7 Å². The molecule has 210 valence electrons. The van der Waals surface area contributed by atoms with Crippen molar-refractivity contribution >= 4 is 0 Å². The zero-order chi connectivity index (χ0) is 28.2. The number of aliphatic hydroxyl groups is 2. The van der Waals surface area contributed by atoms with E-state index in [9.17, 15) is 0 Å². The van der Waals surface area contributed by atoms with Gasteiger partial charge in [0.05, 0.1) is 13.2 Å². The molecule has 0 atom stereocenters. The van der Waals surface area contributed by atoms with E-state index in [0.717, 1.165) is 33.4 Å². The Bertz CT molecular complexity index is 1240. The van der Waals surface area contributed by atoms with Crippen LogP contribution >= 0.6 is 0 Å². The van der Waals surface area contributed by atoms with Crippen molar-refractivity contribution in [3.05, 3.63) is 106 Å². The molecule has 0 unspecified atom stereocenters. The van der Waals surface area contributed by atoms with Crippen LogP contribution in [0.3, 0.4) is 0 Å². The average Bonchev–Trinajstić information content (AvgIpc) is 2.98. The number of nitrogens with one attached hydrogen (secondary N) is 2. The van der Waals surface area contributed by atoms with E-state index >= 15 is 0 Å². The van der Waals surface area contributed by atoms with E-state index in [-0.39, 0.29) is 13.2 Å². The Morgan fingerprint density at radius 2 is 1.07 bits per heavy atom. The Labute approximate surface area is 236 Å². The SMILES string of the molecule is Cc1c(COc2ccc(CNCCO)cn2)cccc1-c1cccc(COc2ccc(CNCCO)cn2)c1C. The van der Waals surface area contributed by atoms with Crippen molar-refractivity contribution in [3.63, 3.8) is 0 Å². The molecule has 8 nitrogen and oxygen atoms in total. The van der Waals surface area contributed by atoms with E-state index in [2.05, 4.69) is 70.8 Å². The molecule has 0 radical (unpaired) electrons. The van der Waals surface area contributed by atoms with Crippen LogP contribution in [0.4, 0.5) is 0 Å². The van der Waals surface area contributed by atoms with Gasteiger partial charge in [-0.1, -0.05) is 48.5 Å². The van der Waals surface area contributed by atoms with Crippen molar-refractivity contribution in [1.82, 2.24) is 20.6 Å². The lowest BCUT2D eigenvalue weighted by Gasteiger charge is -2.16. The Balaban J connectivity index is 1.39. The number of hydrogen-bond acceptors (Lipinski definition) is 8. The first-order valence-corrected chi connectivity index (χ1v) is 13.5. The van der Waals surface area contributed by atoms with Crippen molar-refractivity contribution in [1.29, 1.82) is 0 Å². The van der Waals surface area contributed by atoms with Crippen molar-refractivity contribution in [3.8, 4) is 22.9 Å². The molecule has 0 fully saturated rings. The van der Waals surface area contributed by atoms with Crippen molar-refractivity contribution in [2.45, 2.75) is 40.2 Å². The van der Waals surface area contributed by atoms with Gasteiger partial charge in [0.15, 0.2) is 0 Å². The molecule has 0 spiro atoms. The summed E-state index contributed by atoms with van der Waals surface area (Å²) >= 11 is 0. The van der Waals surface area contributed by atoms with Crippen LogP contribution in [0.15, 0.2) is 73.1 Å². The van der Waals surface area contributed by atoms with Crippen LogP contribution in [0, 0.1) is 13.8 Å². The molecule has 0 aliphatic rings. The van der Waals surface area contributed by atoms with Gasteiger partial charge in [0.1, 0.15) is 13.2 Å². The number of aromatic nitrogens is 2. The lowest BCUT2D eigenvalue weighted by Crippen LogP contribution is -2.17. The van der Waals surface area contributed by atoms with Crippen LogP contribution in [-0.2, 0) is 26.3 Å². The quantitative estimate of drug-likeness (QED) is 0.167. The van der Waals surface area contributed by atoms with Gasteiger partial charge in [-0.3, -0.25) is 0 Å². The number of rotatable bonds is 15. The second kappa shape index (κ2) is 15.1. The number of benzene rings is 2. The molecule has 0 aliphatic carbocycles. The number of aliphatic hydroxyl groups excluding tert-OH is 2. The monoisotopic (exact) mass is 542 g/mol. The Hall–Kier alpha value is -3.82. The maximum atomic E-state index is 8.90. The van der Waals surface area contributed by atoms with E-state index < -0.39 is 0 Å². The first-order valence-electron chi connectivity index (χ1n) is 13.5. The molecule has 4 aromatic rings. The van der Waals surface area contributed by atoms with Crippen LogP contribution in [0.2, 0.25) is 0 Å². The molecule has 0 bridgehead atoms. The van der Waals surface area contributed by atoms with E-state index in [1.54, 1.807) is 12.4 Å². The Morgan fingerprint density at radius 1 is 0.625 bits per heavy atom. The maximum Gasteiger partial charge on any atom is 0.213 e. The fraction of sp³-hybridized carbons (Fsp3) is 0.312. The summed E-state index contributed by atoms with van der Waals surface area (Å²) in [6.07, 6.45) is 3.58. The summed E-state index contributed by atoms with van der Waals surface area (Å²) in [5.41, 5.74) is 8.95.